The fourth-order valence-electron chi connectivity index (χ4n) is 0.424. The smallest absolute Gasteiger partial charge is 0.232 e. The van der Waals surface area contributed by atoms with Gasteiger partial charge in [0.15, 0.2) is 10.8 Å². The highest BCUT2D eigenvalue weighted by Gasteiger charge is 2.02. The Balaban J connectivity index is 3.25. The minimum Gasteiger partial charge on any atom is -0.237 e. The number of aromatic nitrogens is 2. The summed E-state index contributed by atoms with van der Waals surface area (Å²) in [6, 6.07) is 1.59. The molecule has 0 radical (unpaired) electrons. The first-order chi connectivity index (χ1) is 4.74. The summed E-state index contributed by atoms with van der Waals surface area (Å²) >= 11 is 5.33. The molecule has 0 bridgehead atoms. The van der Waals surface area contributed by atoms with E-state index < -0.39 is 5.95 Å². The van der Waals surface area contributed by atoms with Gasteiger partial charge in [-0.1, -0.05) is 11.6 Å². The van der Waals surface area contributed by atoms with Gasteiger partial charge >= 0.3 is 0 Å². The maximum atomic E-state index is 12.2. The quantitative estimate of drug-likeness (QED) is 0.568. The second-order valence-corrected chi connectivity index (χ2v) is 1.80. The lowest BCUT2D eigenvalue weighted by Gasteiger charge is -1.89. The molecule has 0 fully saturated rings. The fraction of sp³-hybridized carbons (Fsp3) is 0. The summed E-state index contributed by atoms with van der Waals surface area (Å²) in [4.78, 5) is 6.52. The summed E-state index contributed by atoms with van der Waals surface area (Å²) in [5.74, 6) is -0.805. The monoisotopic (exact) mass is 157 g/mol. The number of halogens is 2. The number of rotatable bonds is 0. The summed E-state index contributed by atoms with van der Waals surface area (Å²) in [6.45, 7) is 0. The highest BCUT2D eigenvalue weighted by atomic mass is 35.5. The number of nitriles is 1. The van der Waals surface area contributed by atoms with Crippen molar-refractivity contribution in [1.29, 1.82) is 5.26 Å². The first-order valence-corrected chi connectivity index (χ1v) is 2.70. The van der Waals surface area contributed by atoms with E-state index in [2.05, 4.69) is 9.97 Å². The zero-order valence-electron chi connectivity index (χ0n) is 4.67. The van der Waals surface area contributed by atoms with E-state index in [0.717, 1.165) is 6.20 Å². The molecule has 50 valence electrons. The van der Waals surface area contributed by atoms with Crippen LogP contribution in [0.3, 0.4) is 0 Å². The molecule has 0 saturated carbocycles. The van der Waals surface area contributed by atoms with E-state index in [4.69, 9.17) is 16.9 Å². The van der Waals surface area contributed by atoms with Crippen LogP contribution < -0.4 is 0 Å². The molecule has 3 nitrogen and oxygen atoms in total. The average Bonchev–Trinajstić information content (AvgIpc) is 1.94. The minimum atomic E-state index is -0.805. The van der Waals surface area contributed by atoms with Crippen molar-refractivity contribution in [3.05, 3.63) is 23.0 Å². The van der Waals surface area contributed by atoms with Crippen molar-refractivity contribution in [1.82, 2.24) is 9.97 Å². The third-order valence-corrected chi connectivity index (χ3v) is 1.08. The molecule has 0 aliphatic carbocycles. The van der Waals surface area contributed by atoms with E-state index in [9.17, 15) is 4.39 Å². The summed E-state index contributed by atoms with van der Waals surface area (Å²) in [5.41, 5.74) is -0.193. The first-order valence-electron chi connectivity index (χ1n) is 2.32. The lowest BCUT2D eigenvalue weighted by molar-refractivity contribution is 0.575. The molecule has 10 heavy (non-hydrogen) atoms. The Labute approximate surface area is 61.1 Å². The molecular formula is C5HClFN3. The maximum absolute atomic E-state index is 12.2. The van der Waals surface area contributed by atoms with E-state index >= 15 is 0 Å². The summed E-state index contributed by atoms with van der Waals surface area (Å²) < 4.78 is 12.2. The van der Waals surface area contributed by atoms with Crippen LogP contribution in [0, 0.1) is 17.3 Å². The minimum absolute atomic E-state index is 0.0797. The highest BCUT2D eigenvalue weighted by molar-refractivity contribution is 6.30. The average molecular weight is 158 g/mol. The van der Waals surface area contributed by atoms with Crippen LogP contribution in [0.15, 0.2) is 6.20 Å². The van der Waals surface area contributed by atoms with Gasteiger partial charge in [0.1, 0.15) is 6.07 Å². The second-order valence-electron chi connectivity index (χ2n) is 1.44. The van der Waals surface area contributed by atoms with Crippen molar-refractivity contribution < 1.29 is 4.39 Å². The molecule has 1 aromatic rings. The predicted molar refractivity (Wildman–Crippen MR) is 31.7 cm³/mol. The van der Waals surface area contributed by atoms with Crippen molar-refractivity contribution >= 4 is 11.6 Å². The predicted octanol–water partition coefficient (Wildman–Crippen LogP) is 1.14. The maximum Gasteiger partial charge on any atom is 0.232 e. The SMILES string of the molecule is N#Cc1nc(F)cnc1Cl. The van der Waals surface area contributed by atoms with Crippen LogP contribution in [-0.2, 0) is 0 Å². The molecule has 0 spiro atoms. The second kappa shape index (κ2) is 2.58. The summed E-state index contributed by atoms with van der Waals surface area (Å²) in [6.07, 6.45) is 0.850. The van der Waals surface area contributed by atoms with Gasteiger partial charge in [-0.3, -0.25) is 0 Å². The molecule has 1 heterocycles. The lowest BCUT2D eigenvalue weighted by atomic mass is 10.5. The van der Waals surface area contributed by atoms with Gasteiger partial charge in [0, 0.05) is 0 Å². The van der Waals surface area contributed by atoms with E-state index in [-0.39, 0.29) is 10.8 Å². The van der Waals surface area contributed by atoms with Gasteiger partial charge in [-0.05, 0) is 0 Å². The van der Waals surface area contributed by atoms with E-state index in [1.165, 1.54) is 0 Å². The Hall–Kier alpha value is -1.21. The van der Waals surface area contributed by atoms with Crippen molar-refractivity contribution in [3.8, 4) is 6.07 Å². The van der Waals surface area contributed by atoms with E-state index in [1.807, 2.05) is 0 Å². The normalized spacial score (nSPS) is 8.90. The molecule has 1 aromatic heterocycles. The molecule has 0 atom stereocenters. The first kappa shape index (κ1) is 6.90. The number of nitrogens with zero attached hydrogens (tertiary/aromatic N) is 3. The van der Waals surface area contributed by atoms with Crippen LogP contribution in [0.4, 0.5) is 4.39 Å². The Kier molecular flexibility index (Phi) is 1.78. The van der Waals surface area contributed by atoms with Gasteiger partial charge in [0.25, 0.3) is 0 Å². The molecule has 0 aliphatic rings. The Morgan fingerprint density at radius 3 is 2.90 bits per heavy atom. The van der Waals surface area contributed by atoms with Crippen LogP contribution in [0.1, 0.15) is 5.69 Å². The summed E-state index contributed by atoms with van der Waals surface area (Å²) in [7, 11) is 0. The lowest BCUT2D eigenvalue weighted by Crippen LogP contribution is -1.91. The molecule has 0 unspecified atom stereocenters. The van der Waals surface area contributed by atoms with Crippen molar-refractivity contribution in [2.24, 2.45) is 0 Å². The largest absolute Gasteiger partial charge is 0.237 e. The van der Waals surface area contributed by atoms with Crippen LogP contribution in [0.5, 0.6) is 0 Å². The highest BCUT2D eigenvalue weighted by Crippen LogP contribution is 2.07. The van der Waals surface area contributed by atoms with Gasteiger partial charge in [-0.2, -0.15) is 9.65 Å². The summed E-state index contributed by atoms with van der Waals surface area (Å²) in [5, 5.41) is 8.16. The number of hydrogen-bond acceptors (Lipinski definition) is 3. The molecule has 1 rings (SSSR count). The van der Waals surface area contributed by atoms with Crippen LogP contribution in [-0.4, -0.2) is 9.97 Å². The van der Waals surface area contributed by atoms with Gasteiger partial charge < -0.3 is 0 Å². The van der Waals surface area contributed by atoms with Gasteiger partial charge in [0.05, 0.1) is 6.20 Å². The Morgan fingerprint density at radius 1 is 1.70 bits per heavy atom. The zero-order chi connectivity index (χ0) is 7.56. The van der Waals surface area contributed by atoms with Crippen LogP contribution in [0.2, 0.25) is 5.15 Å². The molecule has 5 heteroatoms. The topological polar surface area (TPSA) is 49.6 Å². The van der Waals surface area contributed by atoms with Crippen LogP contribution >= 0.6 is 11.6 Å². The van der Waals surface area contributed by atoms with E-state index in [1.54, 1.807) is 6.07 Å². The molecule has 0 saturated heterocycles. The van der Waals surface area contributed by atoms with Crippen molar-refractivity contribution in [2.45, 2.75) is 0 Å². The van der Waals surface area contributed by atoms with E-state index in [0.29, 0.717) is 0 Å². The van der Waals surface area contributed by atoms with Gasteiger partial charge in [-0.25, -0.2) is 9.97 Å². The zero-order valence-corrected chi connectivity index (χ0v) is 5.43. The number of hydrogen-bond donors (Lipinski definition) is 0. The van der Waals surface area contributed by atoms with Crippen molar-refractivity contribution in [2.75, 3.05) is 0 Å². The molecule has 0 aromatic carbocycles. The van der Waals surface area contributed by atoms with Crippen molar-refractivity contribution in [3.63, 3.8) is 0 Å². The standard InChI is InChI=1S/C5HClFN3/c6-5-3(1-8)10-4(7)2-9-5/h2H. The third-order valence-electron chi connectivity index (χ3n) is 0.804. The molecule has 0 aliphatic heterocycles. The van der Waals surface area contributed by atoms with Gasteiger partial charge in [-0.15, -0.1) is 0 Å². The molecule has 0 amide bonds. The fourth-order valence-corrected chi connectivity index (χ4v) is 0.557. The third kappa shape index (κ3) is 1.20. The van der Waals surface area contributed by atoms with Crippen LogP contribution in [0.25, 0.3) is 0 Å². The molecular weight excluding hydrogens is 157 g/mol. The molecule has 0 N–H and O–H groups in total. The van der Waals surface area contributed by atoms with Gasteiger partial charge in [0.2, 0.25) is 5.95 Å². The Bertz CT molecular complexity index is 293. The Morgan fingerprint density at radius 2 is 2.40 bits per heavy atom.